The first-order chi connectivity index (χ1) is 12.7. The minimum Gasteiger partial charge on any atom is -0.494 e. The summed E-state index contributed by atoms with van der Waals surface area (Å²) in [7, 11) is 0. The predicted octanol–water partition coefficient (Wildman–Crippen LogP) is 3.84. The molecule has 0 aliphatic rings. The van der Waals surface area contributed by atoms with Crippen molar-refractivity contribution < 1.29 is 37.7 Å². The van der Waals surface area contributed by atoms with Gasteiger partial charge in [0.25, 0.3) is 0 Å². The van der Waals surface area contributed by atoms with Crippen molar-refractivity contribution >= 4 is 11.9 Å². The molecule has 0 saturated carbocycles. The number of hydrogen-bond acceptors (Lipinski definition) is 4. The van der Waals surface area contributed by atoms with Crippen molar-refractivity contribution in [2.45, 2.75) is 51.7 Å². The average Bonchev–Trinajstić information content (AvgIpc) is 2.58. The van der Waals surface area contributed by atoms with Gasteiger partial charge in [-0.05, 0) is 24.1 Å². The molecule has 27 heavy (non-hydrogen) atoms. The van der Waals surface area contributed by atoms with Crippen LogP contribution in [0.25, 0.3) is 0 Å². The second-order valence-electron chi connectivity index (χ2n) is 5.68. The highest BCUT2D eigenvalue weighted by molar-refractivity contribution is 5.73. The van der Waals surface area contributed by atoms with Crippen LogP contribution in [0.2, 0.25) is 0 Å². The lowest BCUT2D eigenvalue weighted by molar-refractivity contribution is -0.192. The van der Waals surface area contributed by atoms with E-state index in [4.69, 9.17) is 19.7 Å². The summed E-state index contributed by atoms with van der Waals surface area (Å²) in [4.78, 5) is 19.3. The highest BCUT2D eigenvalue weighted by atomic mass is 19.4. The van der Waals surface area contributed by atoms with Gasteiger partial charge in [-0.15, -0.1) is 0 Å². The Kier molecular flexibility index (Phi) is 12.7. The van der Waals surface area contributed by atoms with Crippen molar-refractivity contribution in [2.24, 2.45) is 0 Å². The van der Waals surface area contributed by atoms with Crippen molar-refractivity contribution in [2.75, 3.05) is 13.2 Å². The molecule has 0 saturated heterocycles. The zero-order valence-electron chi connectivity index (χ0n) is 15.2. The molecule has 0 unspecified atom stereocenters. The lowest BCUT2D eigenvalue weighted by Gasteiger charge is -2.08. The van der Waals surface area contributed by atoms with E-state index in [1.165, 1.54) is 19.3 Å². The van der Waals surface area contributed by atoms with Crippen LogP contribution in [-0.4, -0.2) is 41.5 Å². The molecule has 0 heterocycles. The molecule has 154 valence electrons. The summed E-state index contributed by atoms with van der Waals surface area (Å²) >= 11 is 0. The van der Waals surface area contributed by atoms with E-state index in [2.05, 4.69) is 12.2 Å². The number of aliphatic carboxylic acids is 2. The molecule has 0 spiro atoms. The first kappa shape index (κ1) is 24.7. The fraction of sp³-hybridized carbons (Fsp3) is 0.556. The van der Waals surface area contributed by atoms with Crippen LogP contribution in [-0.2, 0) is 16.1 Å². The van der Waals surface area contributed by atoms with Gasteiger partial charge < -0.3 is 20.3 Å². The zero-order chi connectivity index (χ0) is 20.7. The Labute approximate surface area is 156 Å². The molecule has 0 atom stereocenters. The van der Waals surface area contributed by atoms with Crippen molar-refractivity contribution in [3.05, 3.63) is 29.8 Å². The number of alkyl halides is 3. The lowest BCUT2D eigenvalue weighted by atomic mass is 10.2. The quantitative estimate of drug-likeness (QED) is 0.495. The van der Waals surface area contributed by atoms with E-state index < -0.39 is 18.1 Å². The monoisotopic (exact) mass is 393 g/mol. The number of carboxylic acids is 2. The Morgan fingerprint density at radius 1 is 1.15 bits per heavy atom. The highest BCUT2D eigenvalue weighted by Gasteiger charge is 2.38. The number of halogens is 3. The first-order valence-electron chi connectivity index (χ1n) is 8.61. The molecule has 1 rings (SSSR count). The van der Waals surface area contributed by atoms with Crippen LogP contribution in [0.5, 0.6) is 5.75 Å². The molecule has 0 fully saturated rings. The second-order valence-corrected chi connectivity index (χ2v) is 5.68. The Balaban J connectivity index is 0.000000821. The molecular weight excluding hydrogens is 367 g/mol. The summed E-state index contributed by atoms with van der Waals surface area (Å²) in [5.41, 5.74) is 1.11. The Hall–Kier alpha value is -2.29. The lowest BCUT2D eigenvalue weighted by Crippen LogP contribution is -2.21. The number of benzene rings is 1. The smallest absolute Gasteiger partial charge is 0.490 e. The van der Waals surface area contributed by atoms with Gasteiger partial charge in [0, 0.05) is 13.1 Å². The predicted molar refractivity (Wildman–Crippen MR) is 93.7 cm³/mol. The molecule has 0 radical (unpaired) electrons. The number of unbranched alkanes of at least 4 members (excludes halogenated alkanes) is 3. The number of carbonyl (C=O) groups is 2. The number of ether oxygens (including phenoxy) is 1. The van der Waals surface area contributed by atoms with E-state index in [0.29, 0.717) is 13.1 Å². The summed E-state index contributed by atoms with van der Waals surface area (Å²) in [5, 5.41) is 18.8. The third-order valence-electron chi connectivity index (χ3n) is 3.25. The second kappa shape index (κ2) is 13.9. The molecule has 0 aliphatic carbocycles. The molecule has 0 aromatic heterocycles. The standard InChI is InChI=1S/C16H25NO3.C2HF3O2/c1-2-3-4-5-11-20-15-8-6-7-14(12-15)13-17-10-9-16(18)19;3-2(4,5)1(6)7/h6-8,12,17H,2-5,9-11,13H2,1H3,(H,18,19);(H,6,7). The number of hydrogen-bond donors (Lipinski definition) is 3. The van der Waals surface area contributed by atoms with Crippen LogP contribution >= 0.6 is 0 Å². The van der Waals surface area contributed by atoms with Gasteiger partial charge >= 0.3 is 18.1 Å². The van der Waals surface area contributed by atoms with Gasteiger partial charge in [0.1, 0.15) is 5.75 Å². The highest BCUT2D eigenvalue weighted by Crippen LogP contribution is 2.14. The molecular formula is C18H26F3NO5. The Morgan fingerprint density at radius 3 is 2.37 bits per heavy atom. The summed E-state index contributed by atoms with van der Waals surface area (Å²) in [6, 6.07) is 7.95. The van der Waals surface area contributed by atoms with Crippen LogP contribution in [0, 0.1) is 0 Å². The maximum atomic E-state index is 10.6. The SMILES string of the molecule is CCCCCCOc1cccc(CNCCC(=O)O)c1.O=C(O)C(F)(F)F. The molecule has 0 aliphatic heterocycles. The zero-order valence-corrected chi connectivity index (χ0v) is 15.2. The van der Waals surface area contributed by atoms with Crippen LogP contribution in [0.4, 0.5) is 13.2 Å². The number of nitrogens with one attached hydrogen (secondary N) is 1. The fourth-order valence-electron chi connectivity index (χ4n) is 1.89. The molecule has 0 amide bonds. The van der Waals surface area contributed by atoms with Crippen molar-refractivity contribution in [3.63, 3.8) is 0 Å². The van der Waals surface area contributed by atoms with Crippen molar-refractivity contribution in [1.82, 2.24) is 5.32 Å². The fourth-order valence-corrected chi connectivity index (χ4v) is 1.89. The Bertz CT molecular complexity index is 564. The van der Waals surface area contributed by atoms with Gasteiger partial charge in [-0.2, -0.15) is 13.2 Å². The summed E-state index contributed by atoms with van der Waals surface area (Å²) in [6.07, 6.45) is -0.135. The van der Waals surface area contributed by atoms with Crippen molar-refractivity contribution in [3.8, 4) is 5.75 Å². The van der Waals surface area contributed by atoms with Crippen LogP contribution in [0.3, 0.4) is 0 Å². The van der Waals surface area contributed by atoms with Gasteiger partial charge in [-0.3, -0.25) is 4.79 Å². The topological polar surface area (TPSA) is 95.9 Å². The van der Waals surface area contributed by atoms with Crippen LogP contribution in [0.15, 0.2) is 24.3 Å². The first-order valence-corrected chi connectivity index (χ1v) is 8.61. The number of rotatable bonds is 11. The number of carboxylic acid groups (broad SMARTS) is 2. The van der Waals surface area contributed by atoms with E-state index in [-0.39, 0.29) is 6.42 Å². The Morgan fingerprint density at radius 2 is 1.81 bits per heavy atom. The normalized spacial score (nSPS) is 10.7. The van der Waals surface area contributed by atoms with Gasteiger partial charge in [-0.1, -0.05) is 38.3 Å². The minimum atomic E-state index is -5.08. The van der Waals surface area contributed by atoms with Gasteiger partial charge in [-0.25, -0.2) is 4.79 Å². The summed E-state index contributed by atoms with van der Waals surface area (Å²) < 4.78 is 37.5. The van der Waals surface area contributed by atoms with E-state index in [1.54, 1.807) is 0 Å². The maximum Gasteiger partial charge on any atom is 0.490 e. The summed E-state index contributed by atoms with van der Waals surface area (Å²) in [5.74, 6) is -2.65. The minimum absolute atomic E-state index is 0.146. The van der Waals surface area contributed by atoms with Crippen LogP contribution in [0.1, 0.15) is 44.6 Å². The largest absolute Gasteiger partial charge is 0.494 e. The van der Waals surface area contributed by atoms with Gasteiger partial charge in [0.2, 0.25) is 0 Å². The maximum absolute atomic E-state index is 10.6. The molecule has 3 N–H and O–H groups in total. The van der Waals surface area contributed by atoms with E-state index >= 15 is 0 Å². The molecule has 9 heteroatoms. The van der Waals surface area contributed by atoms with E-state index in [0.717, 1.165) is 24.3 Å². The third-order valence-corrected chi connectivity index (χ3v) is 3.25. The van der Waals surface area contributed by atoms with Crippen molar-refractivity contribution in [1.29, 1.82) is 0 Å². The third kappa shape index (κ3) is 14.6. The summed E-state index contributed by atoms with van der Waals surface area (Å²) in [6.45, 7) is 4.11. The van der Waals surface area contributed by atoms with E-state index in [1.807, 2.05) is 24.3 Å². The van der Waals surface area contributed by atoms with Gasteiger partial charge in [0.05, 0.1) is 13.0 Å². The average molecular weight is 393 g/mol. The van der Waals surface area contributed by atoms with E-state index in [9.17, 15) is 18.0 Å². The molecule has 1 aromatic carbocycles. The van der Waals surface area contributed by atoms with Crippen LogP contribution < -0.4 is 10.1 Å². The van der Waals surface area contributed by atoms with Gasteiger partial charge in [0.15, 0.2) is 0 Å². The molecule has 6 nitrogen and oxygen atoms in total. The molecule has 0 bridgehead atoms. The molecule has 1 aromatic rings.